The highest BCUT2D eigenvalue weighted by atomic mass is 32.2. The number of esters is 1. The number of hydrogen-bond acceptors (Lipinski definition) is 5. The van der Waals surface area contributed by atoms with Crippen molar-refractivity contribution in [3.63, 3.8) is 0 Å². The van der Waals surface area contributed by atoms with Crippen molar-refractivity contribution in [1.29, 1.82) is 0 Å². The molecule has 0 unspecified atom stereocenters. The Balaban J connectivity index is 2.46. The SMILES string of the molecule is CCSc1cccc(F)c1-c1ncc(C(=O)OC)s1. The van der Waals surface area contributed by atoms with E-state index in [0.717, 1.165) is 22.0 Å². The first kappa shape index (κ1) is 14.0. The number of methoxy groups -OCH3 is 1. The van der Waals surface area contributed by atoms with Crippen molar-refractivity contribution in [3.8, 4) is 10.6 Å². The first-order valence-corrected chi connectivity index (χ1v) is 7.43. The quantitative estimate of drug-likeness (QED) is 0.635. The summed E-state index contributed by atoms with van der Waals surface area (Å²) in [5.74, 6) is 0.0556. The normalized spacial score (nSPS) is 10.5. The summed E-state index contributed by atoms with van der Waals surface area (Å²) in [6, 6.07) is 4.92. The Hall–Kier alpha value is -1.40. The van der Waals surface area contributed by atoms with Gasteiger partial charge in [0, 0.05) is 4.90 Å². The van der Waals surface area contributed by atoms with Crippen LogP contribution in [-0.2, 0) is 4.74 Å². The van der Waals surface area contributed by atoms with Crippen LogP contribution < -0.4 is 0 Å². The monoisotopic (exact) mass is 297 g/mol. The fourth-order valence-electron chi connectivity index (χ4n) is 1.57. The number of nitrogens with zero attached hydrogens (tertiary/aromatic N) is 1. The Bertz CT molecular complexity index is 598. The van der Waals surface area contributed by atoms with Gasteiger partial charge >= 0.3 is 5.97 Å². The Morgan fingerprint density at radius 1 is 1.53 bits per heavy atom. The van der Waals surface area contributed by atoms with Crippen LogP contribution in [0.15, 0.2) is 29.3 Å². The molecule has 3 nitrogen and oxygen atoms in total. The first-order chi connectivity index (χ1) is 9.17. The summed E-state index contributed by atoms with van der Waals surface area (Å²) in [6.45, 7) is 2.00. The third-order valence-corrected chi connectivity index (χ3v) is 4.32. The Kier molecular flexibility index (Phi) is 4.55. The molecule has 0 aliphatic heterocycles. The summed E-state index contributed by atoms with van der Waals surface area (Å²) in [6.07, 6.45) is 1.42. The number of aromatic nitrogens is 1. The van der Waals surface area contributed by atoms with Gasteiger partial charge < -0.3 is 4.74 Å². The maximum Gasteiger partial charge on any atom is 0.349 e. The second-order valence-electron chi connectivity index (χ2n) is 3.57. The molecule has 2 rings (SSSR count). The molecule has 0 aliphatic rings. The van der Waals surface area contributed by atoms with Crippen LogP contribution in [0.3, 0.4) is 0 Å². The average Bonchev–Trinajstić information content (AvgIpc) is 2.87. The van der Waals surface area contributed by atoms with Gasteiger partial charge in [0.2, 0.25) is 0 Å². The largest absolute Gasteiger partial charge is 0.465 e. The van der Waals surface area contributed by atoms with Crippen molar-refractivity contribution >= 4 is 29.1 Å². The minimum absolute atomic E-state index is 0.329. The van der Waals surface area contributed by atoms with E-state index in [-0.39, 0.29) is 5.82 Å². The molecule has 0 amide bonds. The summed E-state index contributed by atoms with van der Waals surface area (Å²) >= 11 is 2.68. The lowest BCUT2D eigenvalue weighted by atomic mass is 10.2. The lowest BCUT2D eigenvalue weighted by Crippen LogP contribution is -1.96. The van der Waals surface area contributed by atoms with Gasteiger partial charge in [-0.25, -0.2) is 14.2 Å². The van der Waals surface area contributed by atoms with Gasteiger partial charge in [0.05, 0.1) is 18.9 Å². The van der Waals surface area contributed by atoms with Crippen LogP contribution in [0.4, 0.5) is 4.39 Å². The van der Waals surface area contributed by atoms with E-state index < -0.39 is 5.97 Å². The third-order valence-electron chi connectivity index (χ3n) is 2.38. The molecule has 0 spiro atoms. The van der Waals surface area contributed by atoms with Crippen LogP contribution in [0.5, 0.6) is 0 Å². The molecule has 0 fully saturated rings. The fraction of sp³-hybridized carbons (Fsp3) is 0.231. The molecule has 1 heterocycles. The number of benzene rings is 1. The molecule has 1 aromatic heterocycles. The van der Waals surface area contributed by atoms with Crippen molar-refractivity contribution in [1.82, 2.24) is 4.98 Å². The second-order valence-corrected chi connectivity index (χ2v) is 5.90. The lowest BCUT2D eigenvalue weighted by molar-refractivity contribution is 0.0606. The standard InChI is InChI=1S/C13H12FNO2S2/c1-3-18-9-6-4-5-8(14)11(9)12-15-7-10(19-12)13(16)17-2/h4-7H,3H2,1-2H3. The lowest BCUT2D eigenvalue weighted by Gasteiger charge is -2.06. The summed E-state index contributed by atoms with van der Waals surface area (Å²) in [5.41, 5.74) is 0.453. The molecule has 0 saturated heterocycles. The maximum absolute atomic E-state index is 14.0. The highest BCUT2D eigenvalue weighted by Gasteiger charge is 2.17. The van der Waals surface area contributed by atoms with Crippen molar-refractivity contribution in [2.75, 3.05) is 12.9 Å². The number of ether oxygens (including phenoxy) is 1. The molecule has 100 valence electrons. The van der Waals surface area contributed by atoms with E-state index in [4.69, 9.17) is 0 Å². The van der Waals surface area contributed by atoms with Crippen molar-refractivity contribution in [3.05, 3.63) is 35.1 Å². The van der Waals surface area contributed by atoms with E-state index in [2.05, 4.69) is 9.72 Å². The van der Waals surface area contributed by atoms with Crippen LogP contribution in [-0.4, -0.2) is 23.8 Å². The Morgan fingerprint density at radius 2 is 2.32 bits per heavy atom. The van der Waals surface area contributed by atoms with Crippen LogP contribution in [0, 0.1) is 5.82 Å². The number of halogens is 1. The van der Waals surface area contributed by atoms with Crippen molar-refractivity contribution in [2.24, 2.45) is 0 Å². The van der Waals surface area contributed by atoms with Gasteiger partial charge in [-0.05, 0) is 17.9 Å². The smallest absolute Gasteiger partial charge is 0.349 e. The average molecular weight is 297 g/mol. The van der Waals surface area contributed by atoms with Crippen LogP contribution in [0.2, 0.25) is 0 Å². The predicted octanol–water partition coefficient (Wildman–Crippen LogP) is 3.85. The highest BCUT2D eigenvalue weighted by Crippen LogP contribution is 2.35. The van der Waals surface area contributed by atoms with E-state index in [9.17, 15) is 9.18 Å². The van der Waals surface area contributed by atoms with E-state index in [0.29, 0.717) is 15.4 Å². The molecular formula is C13H12FNO2S2. The van der Waals surface area contributed by atoms with Gasteiger partial charge in [-0.3, -0.25) is 0 Å². The van der Waals surface area contributed by atoms with Gasteiger partial charge in [0.1, 0.15) is 15.7 Å². The number of thioether (sulfide) groups is 1. The molecule has 0 atom stereocenters. The van der Waals surface area contributed by atoms with Crippen LogP contribution in [0.25, 0.3) is 10.6 Å². The number of rotatable bonds is 4. The van der Waals surface area contributed by atoms with Crippen LogP contribution >= 0.6 is 23.1 Å². The molecule has 19 heavy (non-hydrogen) atoms. The minimum Gasteiger partial charge on any atom is -0.465 e. The Morgan fingerprint density at radius 3 is 3.00 bits per heavy atom. The topological polar surface area (TPSA) is 39.2 Å². The summed E-state index contributed by atoms with van der Waals surface area (Å²) in [7, 11) is 1.31. The van der Waals surface area contributed by atoms with Gasteiger partial charge in [0.15, 0.2) is 0 Å². The van der Waals surface area contributed by atoms with E-state index in [1.807, 2.05) is 13.0 Å². The van der Waals surface area contributed by atoms with E-state index >= 15 is 0 Å². The Labute approximate surface area is 118 Å². The zero-order valence-electron chi connectivity index (χ0n) is 10.5. The van der Waals surface area contributed by atoms with Gasteiger partial charge in [-0.2, -0.15) is 0 Å². The minimum atomic E-state index is -0.454. The zero-order valence-corrected chi connectivity index (χ0v) is 12.1. The summed E-state index contributed by atoms with van der Waals surface area (Å²) in [4.78, 5) is 16.7. The van der Waals surface area contributed by atoms with Crippen molar-refractivity contribution in [2.45, 2.75) is 11.8 Å². The molecule has 2 aromatic rings. The number of carbonyl (C=O) groups excluding carboxylic acids is 1. The molecule has 0 bridgehead atoms. The molecule has 1 aromatic carbocycles. The number of thiazole rings is 1. The zero-order chi connectivity index (χ0) is 13.8. The number of hydrogen-bond donors (Lipinski definition) is 0. The maximum atomic E-state index is 14.0. The molecule has 0 saturated carbocycles. The van der Waals surface area contributed by atoms with Crippen LogP contribution in [0.1, 0.15) is 16.6 Å². The fourth-order valence-corrected chi connectivity index (χ4v) is 3.36. The molecule has 0 radical (unpaired) electrons. The van der Waals surface area contributed by atoms with E-state index in [1.54, 1.807) is 17.8 Å². The van der Waals surface area contributed by atoms with Gasteiger partial charge in [-0.15, -0.1) is 23.1 Å². The number of carbonyl (C=O) groups is 1. The molecule has 0 aliphatic carbocycles. The molecule has 0 N–H and O–H groups in total. The molecular weight excluding hydrogens is 285 g/mol. The first-order valence-electron chi connectivity index (χ1n) is 5.63. The summed E-state index contributed by atoms with van der Waals surface area (Å²) in [5, 5.41) is 0.495. The predicted molar refractivity (Wildman–Crippen MR) is 75.2 cm³/mol. The summed E-state index contributed by atoms with van der Waals surface area (Å²) < 4.78 is 18.6. The molecule has 6 heteroatoms. The van der Waals surface area contributed by atoms with E-state index in [1.165, 1.54) is 19.4 Å². The van der Waals surface area contributed by atoms with Crippen molar-refractivity contribution < 1.29 is 13.9 Å². The highest BCUT2D eigenvalue weighted by molar-refractivity contribution is 7.99. The van der Waals surface area contributed by atoms with Gasteiger partial charge in [-0.1, -0.05) is 13.0 Å². The third kappa shape index (κ3) is 2.96. The van der Waals surface area contributed by atoms with Gasteiger partial charge in [0.25, 0.3) is 0 Å². The second kappa shape index (κ2) is 6.16.